The molecule has 4 fully saturated rings. The molecule has 2 aromatic rings. The molecule has 2 spiro atoms. The molecule has 4 aliphatic carbocycles. The first kappa shape index (κ1) is 24.0. The van der Waals surface area contributed by atoms with Crippen LogP contribution in [0.15, 0.2) is 42.5 Å². The maximum atomic E-state index is 7.06. The van der Waals surface area contributed by atoms with Gasteiger partial charge in [0.2, 0.25) is 0 Å². The maximum absolute atomic E-state index is 7.06. The van der Waals surface area contributed by atoms with Crippen LogP contribution in [0.4, 0.5) is 0 Å². The Hall–Kier alpha value is -2.05. The predicted molar refractivity (Wildman–Crippen MR) is 147 cm³/mol. The standard InChI is InChI=1S/C31H37ClN2O3/c1-34-16-14-30-26-21-8-11-24(35-2)27(26)37-28(30)31(36-3)13-12-29(30,25(34)17-21)18-22(31)19-33-15-4-5-20-6-9-23(32)10-7-20/h4-11,22,25,28,33H,12-19H2,1-3H3/b5-4+/t22-,25-,28-,29-,30+,31-/m1/s1. The number of likely N-dealkylation sites (N-methyl/N-ethyl adjacent to an activating group) is 1. The van der Waals surface area contributed by atoms with Crippen molar-refractivity contribution in [2.75, 3.05) is 40.9 Å². The van der Waals surface area contributed by atoms with Gasteiger partial charge in [-0.2, -0.15) is 0 Å². The van der Waals surface area contributed by atoms with E-state index in [1.807, 2.05) is 31.4 Å². The number of rotatable bonds is 7. The van der Waals surface area contributed by atoms with Gasteiger partial charge >= 0.3 is 0 Å². The highest BCUT2D eigenvalue weighted by atomic mass is 35.5. The van der Waals surface area contributed by atoms with Gasteiger partial charge in [0.05, 0.1) is 7.11 Å². The first-order chi connectivity index (χ1) is 18.0. The minimum Gasteiger partial charge on any atom is -0.493 e. The number of likely N-dealkylation sites (tertiary alicyclic amines) is 1. The second-order valence-electron chi connectivity index (χ2n) is 11.9. The molecule has 2 heterocycles. The Labute approximate surface area is 225 Å². The third-order valence-electron chi connectivity index (χ3n) is 10.8. The average Bonchev–Trinajstić information content (AvgIpc) is 3.29. The smallest absolute Gasteiger partial charge is 0.165 e. The van der Waals surface area contributed by atoms with E-state index in [0.717, 1.165) is 61.0 Å². The number of ether oxygens (including phenoxy) is 3. The molecule has 3 saturated carbocycles. The summed E-state index contributed by atoms with van der Waals surface area (Å²) >= 11 is 6.03. The summed E-state index contributed by atoms with van der Waals surface area (Å²) in [5.41, 5.74) is 4.01. The summed E-state index contributed by atoms with van der Waals surface area (Å²) in [4.78, 5) is 2.65. The largest absolute Gasteiger partial charge is 0.493 e. The Morgan fingerprint density at radius 3 is 2.76 bits per heavy atom. The van der Waals surface area contributed by atoms with Gasteiger partial charge in [-0.05, 0) is 75.0 Å². The Balaban J connectivity index is 1.22. The topological polar surface area (TPSA) is 43.0 Å². The van der Waals surface area contributed by atoms with Gasteiger partial charge in [-0.15, -0.1) is 0 Å². The quantitative estimate of drug-likeness (QED) is 0.515. The number of piperidine rings is 1. The van der Waals surface area contributed by atoms with Gasteiger partial charge < -0.3 is 24.4 Å². The molecule has 2 aromatic carbocycles. The number of nitrogens with one attached hydrogen (secondary N) is 1. The fourth-order valence-electron chi connectivity index (χ4n) is 9.33. The van der Waals surface area contributed by atoms with Gasteiger partial charge in [-0.3, -0.25) is 0 Å². The van der Waals surface area contributed by atoms with E-state index >= 15 is 0 Å². The molecule has 5 nitrogen and oxygen atoms in total. The van der Waals surface area contributed by atoms with Crippen LogP contribution in [0.3, 0.4) is 0 Å². The Morgan fingerprint density at radius 1 is 1.14 bits per heavy atom. The number of methoxy groups -OCH3 is 2. The fraction of sp³-hybridized carbons (Fsp3) is 0.548. The van der Waals surface area contributed by atoms with Crippen molar-refractivity contribution in [3.05, 3.63) is 64.2 Å². The number of halogens is 1. The molecule has 0 unspecified atom stereocenters. The molecule has 37 heavy (non-hydrogen) atoms. The van der Waals surface area contributed by atoms with Crippen molar-refractivity contribution in [1.29, 1.82) is 0 Å². The van der Waals surface area contributed by atoms with E-state index in [1.54, 1.807) is 7.11 Å². The van der Waals surface area contributed by atoms with Gasteiger partial charge in [0.1, 0.15) is 11.7 Å². The van der Waals surface area contributed by atoms with Crippen LogP contribution in [-0.2, 0) is 16.6 Å². The molecular weight excluding hydrogens is 484 g/mol. The zero-order chi connectivity index (χ0) is 25.4. The molecule has 2 aliphatic heterocycles. The first-order valence-electron chi connectivity index (χ1n) is 13.7. The zero-order valence-electron chi connectivity index (χ0n) is 22.1. The molecule has 0 amide bonds. The van der Waals surface area contributed by atoms with Crippen LogP contribution >= 0.6 is 11.6 Å². The Morgan fingerprint density at radius 2 is 1.97 bits per heavy atom. The third kappa shape index (κ3) is 3.03. The van der Waals surface area contributed by atoms with Crippen LogP contribution in [-0.4, -0.2) is 63.5 Å². The lowest BCUT2D eigenvalue weighted by molar-refractivity contribution is -0.274. The highest BCUT2D eigenvalue weighted by Crippen LogP contribution is 2.76. The Kier molecular flexibility index (Phi) is 5.50. The van der Waals surface area contributed by atoms with Crippen LogP contribution in [0.1, 0.15) is 42.4 Å². The summed E-state index contributed by atoms with van der Waals surface area (Å²) in [5, 5.41) is 4.52. The molecular formula is C31H37ClN2O3. The van der Waals surface area contributed by atoms with E-state index in [1.165, 1.54) is 24.0 Å². The lowest BCUT2D eigenvalue weighted by Gasteiger charge is -2.73. The minimum absolute atomic E-state index is 0.0148. The molecule has 6 atom stereocenters. The molecule has 0 aromatic heterocycles. The second kappa shape index (κ2) is 8.47. The maximum Gasteiger partial charge on any atom is 0.165 e. The van der Waals surface area contributed by atoms with Crippen molar-refractivity contribution in [3.63, 3.8) is 0 Å². The average molecular weight is 521 g/mol. The molecule has 1 N–H and O–H groups in total. The van der Waals surface area contributed by atoms with Crippen molar-refractivity contribution < 1.29 is 14.2 Å². The normalized spacial score (nSPS) is 37.0. The summed E-state index contributed by atoms with van der Waals surface area (Å²) in [6.45, 7) is 2.86. The second-order valence-corrected chi connectivity index (χ2v) is 12.3. The van der Waals surface area contributed by atoms with E-state index in [2.05, 4.69) is 41.5 Å². The van der Waals surface area contributed by atoms with Crippen LogP contribution in [0.5, 0.6) is 11.5 Å². The summed E-state index contributed by atoms with van der Waals surface area (Å²) in [7, 11) is 6.03. The van der Waals surface area contributed by atoms with Gasteiger partial charge in [0.15, 0.2) is 11.5 Å². The molecule has 196 valence electrons. The number of fused-ring (bicyclic) bond motifs is 2. The molecule has 6 heteroatoms. The van der Waals surface area contributed by atoms with Crippen molar-refractivity contribution in [2.24, 2.45) is 11.3 Å². The van der Waals surface area contributed by atoms with Crippen LogP contribution in [0.2, 0.25) is 5.02 Å². The number of hydrogen-bond donors (Lipinski definition) is 1. The summed E-state index contributed by atoms with van der Waals surface area (Å²) in [5.74, 6) is 2.27. The zero-order valence-corrected chi connectivity index (χ0v) is 22.8. The fourth-order valence-corrected chi connectivity index (χ4v) is 9.46. The lowest BCUT2D eigenvalue weighted by atomic mass is 9.35. The van der Waals surface area contributed by atoms with Crippen molar-refractivity contribution in [2.45, 2.75) is 55.3 Å². The molecule has 6 aliphatic rings. The first-order valence-corrected chi connectivity index (χ1v) is 14.1. The number of nitrogens with zero attached hydrogens (tertiary/aromatic N) is 1. The van der Waals surface area contributed by atoms with Crippen LogP contribution in [0, 0.1) is 11.3 Å². The third-order valence-corrected chi connectivity index (χ3v) is 11.1. The SMILES string of the molecule is COc1ccc2c3c1O[C@H]1[C@@]4(OC)CC[C@@]5(C[C@@H]4CNC/C=C/c4ccc(Cl)cc4)[C@@H](C2)N(C)CC[C@]315. The van der Waals surface area contributed by atoms with Gasteiger partial charge in [0, 0.05) is 53.6 Å². The Bertz CT molecular complexity index is 1250. The lowest BCUT2D eigenvalue weighted by Crippen LogP contribution is -2.81. The predicted octanol–water partition coefficient (Wildman–Crippen LogP) is 5.10. The summed E-state index contributed by atoms with van der Waals surface area (Å²) in [6, 6.07) is 12.9. The number of benzene rings is 2. The van der Waals surface area contributed by atoms with E-state index in [-0.39, 0.29) is 22.5 Å². The summed E-state index contributed by atoms with van der Waals surface area (Å²) in [6.07, 6.45) is 10.1. The highest BCUT2D eigenvalue weighted by Gasteiger charge is 2.80. The molecule has 8 rings (SSSR count). The van der Waals surface area contributed by atoms with Gasteiger partial charge in [-0.25, -0.2) is 0 Å². The van der Waals surface area contributed by atoms with Crippen molar-refractivity contribution in [3.8, 4) is 11.5 Å². The van der Waals surface area contributed by atoms with Crippen LogP contribution in [0.25, 0.3) is 6.08 Å². The summed E-state index contributed by atoms with van der Waals surface area (Å²) < 4.78 is 19.5. The minimum atomic E-state index is -0.298. The van der Waals surface area contributed by atoms with Gasteiger partial charge in [0.25, 0.3) is 0 Å². The number of hydrogen-bond acceptors (Lipinski definition) is 5. The van der Waals surface area contributed by atoms with Crippen molar-refractivity contribution in [1.82, 2.24) is 10.2 Å². The van der Waals surface area contributed by atoms with Crippen molar-refractivity contribution >= 4 is 17.7 Å². The van der Waals surface area contributed by atoms with E-state index in [9.17, 15) is 0 Å². The molecule has 0 radical (unpaired) electrons. The molecule has 4 bridgehead atoms. The van der Waals surface area contributed by atoms with E-state index < -0.39 is 0 Å². The highest BCUT2D eigenvalue weighted by molar-refractivity contribution is 6.30. The monoisotopic (exact) mass is 520 g/mol. The van der Waals surface area contributed by atoms with Crippen LogP contribution < -0.4 is 14.8 Å². The molecule has 1 saturated heterocycles. The van der Waals surface area contributed by atoms with E-state index in [0.29, 0.717) is 12.0 Å². The van der Waals surface area contributed by atoms with E-state index in [4.69, 9.17) is 25.8 Å². The van der Waals surface area contributed by atoms with Gasteiger partial charge in [-0.1, -0.05) is 42.0 Å².